The van der Waals surface area contributed by atoms with Gasteiger partial charge in [0.25, 0.3) is 0 Å². The van der Waals surface area contributed by atoms with Crippen LogP contribution in [0.25, 0.3) is 9.40 Å². The van der Waals surface area contributed by atoms with Crippen LogP contribution >= 0.6 is 22.7 Å². The van der Waals surface area contributed by atoms with Crippen molar-refractivity contribution in [3.63, 3.8) is 0 Å². The number of thiophene rings is 2. The third-order valence-corrected chi connectivity index (χ3v) is 5.79. The van der Waals surface area contributed by atoms with Gasteiger partial charge in [0.2, 0.25) is 5.91 Å². The lowest BCUT2D eigenvalue weighted by atomic mass is 10.2. The van der Waals surface area contributed by atoms with Crippen LogP contribution in [-0.4, -0.2) is 31.2 Å². The molecule has 2 aromatic rings. The molecule has 0 bridgehead atoms. The Hall–Kier alpha value is -1.44. The zero-order chi connectivity index (χ0) is 15.5. The van der Waals surface area contributed by atoms with Crippen LogP contribution in [0.1, 0.15) is 35.0 Å². The van der Waals surface area contributed by atoms with E-state index < -0.39 is 0 Å². The van der Waals surface area contributed by atoms with E-state index in [0.717, 1.165) is 27.8 Å². The SMILES string of the molecule is CCOC(=O)c1sc2ccsc2c1CNC(=O)C1CCCO1. The highest BCUT2D eigenvalue weighted by molar-refractivity contribution is 7.28. The summed E-state index contributed by atoms with van der Waals surface area (Å²) in [5.41, 5.74) is 0.847. The van der Waals surface area contributed by atoms with Gasteiger partial charge in [0.1, 0.15) is 11.0 Å². The summed E-state index contributed by atoms with van der Waals surface area (Å²) in [5, 5.41) is 4.88. The molecular formula is C15H17NO4S2. The lowest BCUT2D eigenvalue weighted by Crippen LogP contribution is -2.33. The fourth-order valence-electron chi connectivity index (χ4n) is 2.47. The van der Waals surface area contributed by atoms with Crippen molar-refractivity contribution in [2.45, 2.75) is 32.4 Å². The summed E-state index contributed by atoms with van der Waals surface area (Å²) in [7, 11) is 0. The number of esters is 1. The predicted octanol–water partition coefficient (Wildman–Crippen LogP) is 2.93. The van der Waals surface area contributed by atoms with Crippen molar-refractivity contribution in [3.8, 4) is 0 Å². The molecule has 0 aromatic carbocycles. The summed E-state index contributed by atoms with van der Waals surface area (Å²) in [5.74, 6) is -0.430. The number of nitrogens with one attached hydrogen (secondary N) is 1. The molecule has 1 unspecified atom stereocenters. The molecule has 0 saturated carbocycles. The van der Waals surface area contributed by atoms with Gasteiger partial charge in [0, 0.05) is 23.4 Å². The number of rotatable bonds is 5. The van der Waals surface area contributed by atoms with Gasteiger partial charge in [0.05, 0.1) is 11.3 Å². The molecule has 3 heterocycles. The van der Waals surface area contributed by atoms with Gasteiger partial charge >= 0.3 is 5.97 Å². The van der Waals surface area contributed by atoms with Crippen LogP contribution < -0.4 is 5.32 Å². The number of fused-ring (bicyclic) bond motifs is 1. The highest BCUT2D eigenvalue weighted by atomic mass is 32.1. The van der Waals surface area contributed by atoms with Crippen molar-refractivity contribution in [2.75, 3.05) is 13.2 Å². The second kappa shape index (κ2) is 6.76. The largest absolute Gasteiger partial charge is 0.462 e. The minimum Gasteiger partial charge on any atom is -0.462 e. The molecule has 118 valence electrons. The minimum atomic E-state index is -0.358. The van der Waals surface area contributed by atoms with Gasteiger partial charge < -0.3 is 14.8 Å². The van der Waals surface area contributed by atoms with Crippen molar-refractivity contribution in [1.29, 1.82) is 0 Å². The van der Waals surface area contributed by atoms with E-state index in [1.165, 1.54) is 11.3 Å². The van der Waals surface area contributed by atoms with E-state index in [2.05, 4.69) is 5.32 Å². The quantitative estimate of drug-likeness (QED) is 0.851. The lowest BCUT2D eigenvalue weighted by Gasteiger charge is -2.10. The highest BCUT2D eigenvalue weighted by Gasteiger charge is 2.25. The van der Waals surface area contributed by atoms with Gasteiger partial charge in [-0.3, -0.25) is 4.79 Å². The third-order valence-electron chi connectivity index (χ3n) is 3.51. The van der Waals surface area contributed by atoms with Crippen LogP contribution in [0.5, 0.6) is 0 Å². The molecular weight excluding hydrogens is 322 g/mol. The first-order chi connectivity index (χ1) is 10.7. The van der Waals surface area contributed by atoms with Gasteiger partial charge in [-0.15, -0.1) is 22.7 Å². The molecule has 7 heteroatoms. The Morgan fingerprint density at radius 2 is 2.36 bits per heavy atom. The number of ether oxygens (including phenoxy) is 2. The Bertz CT molecular complexity index is 685. The molecule has 5 nitrogen and oxygen atoms in total. The van der Waals surface area contributed by atoms with Crippen molar-refractivity contribution in [3.05, 3.63) is 21.9 Å². The molecule has 1 aliphatic rings. The monoisotopic (exact) mass is 339 g/mol. The first kappa shape index (κ1) is 15.5. The first-order valence-corrected chi connectivity index (χ1v) is 8.95. The van der Waals surface area contributed by atoms with E-state index in [1.807, 2.05) is 11.4 Å². The summed E-state index contributed by atoms with van der Waals surface area (Å²) < 4.78 is 12.6. The molecule has 1 N–H and O–H groups in total. The van der Waals surface area contributed by atoms with Gasteiger partial charge in [-0.05, 0) is 31.2 Å². The molecule has 1 amide bonds. The van der Waals surface area contributed by atoms with E-state index in [-0.39, 0.29) is 18.0 Å². The zero-order valence-corrected chi connectivity index (χ0v) is 13.9. The van der Waals surface area contributed by atoms with Crippen molar-refractivity contribution in [2.24, 2.45) is 0 Å². The fourth-order valence-corrected chi connectivity index (χ4v) is 4.74. The molecule has 0 aliphatic carbocycles. The second-order valence-electron chi connectivity index (χ2n) is 4.96. The third kappa shape index (κ3) is 3.02. The summed E-state index contributed by atoms with van der Waals surface area (Å²) in [6, 6.07) is 1.98. The number of carbonyl (C=O) groups is 2. The van der Waals surface area contributed by atoms with E-state index in [9.17, 15) is 9.59 Å². The number of carbonyl (C=O) groups excluding carboxylic acids is 2. The highest BCUT2D eigenvalue weighted by Crippen LogP contribution is 2.35. The van der Waals surface area contributed by atoms with Crippen LogP contribution in [0.15, 0.2) is 11.4 Å². The first-order valence-electron chi connectivity index (χ1n) is 7.26. The Kier molecular flexibility index (Phi) is 4.75. The molecule has 0 spiro atoms. The molecule has 22 heavy (non-hydrogen) atoms. The maximum atomic E-state index is 12.1. The van der Waals surface area contributed by atoms with Gasteiger partial charge in [-0.25, -0.2) is 4.79 Å². The topological polar surface area (TPSA) is 64.6 Å². The van der Waals surface area contributed by atoms with E-state index in [0.29, 0.717) is 24.6 Å². The molecule has 0 radical (unpaired) electrons. The Morgan fingerprint density at radius 1 is 1.50 bits per heavy atom. The van der Waals surface area contributed by atoms with Gasteiger partial charge in [-0.2, -0.15) is 0 Å². The maximum Gasteiger partial charge on any atom is 0.348 e. The van der Waals surface area contributed by atoms with Crippen molar-refractivity contribution < 1.29 is 19.1 Å². The van der Waals surface area contributed by atoms with Crippen LogP contribution in [0.2, 0.25) is 0 Å². The Labute approximate surface area is 136 Å². The Morgan fingerprint density at radius 3 is 3.09 bits per heavy atom. The fraction of sp³-hybridized carbons (Fsp3) is 0.467. The summed E-state index contributed by atoms with van der Waals surface area (Å²) in [6.07, 6.45) is 1.32. The lowest BCUT2D eigenvalue weighted by molar-refractivity contribution is -0.130. The predicted molar refractivity (Wildman–Crippen MR) is 86.5 cm³/mol. The minimum absolute atomic E-state index is 0.108. The van der Waals surface area contributed by atoms with Crippen molar-refractivity contribution in [1.82, 2.24) is 5.32 Å². The molecule has 1 saturated heterocycles. The molecule has 1 aliphatic heterocycles. The second-order valence-corrected chi connectivity index (χ2v) is 6.93. The van der Waals surface area contributed by atoms with Crippen LogP contribution in [0, 0.1) is 0 Å². The molecule has 3 rings (SSSR count). The normalized spacial score (nSPS) is 17.8. The van der Waals surface area contributed by atoms with Gasteiger partial charge in [-0.1, -0.05) is 0 Å². The summed E-state index contributed by atoms with van der Waals surface area (Å²) in [4.78, 5) is 24.7. The smallest absolute Gasteiger partial charge is 0.348 e. The average Bonchev–Trinajstić information content (AvgIpc) is 3.21. The van der Waals surface area contributed by atoms with Gasteiger partial charge in [0.15, 0.2) is 0 Å². The number of hydrogen-bond acceptors (Lipinski definition) is 6. The molecule has 2 aromatic heterocycles. The summed E-state index contributed by atoms with van der Waals surface area (Å²) >= 11 is 2.99. The van der Waals surface area contributed by atoms with Crippen LogP contribution in [0.4, 0.5) is 0 Å². The van der Waals surface area contributed by atoms with E-state index in [4.69, 9.17) is 9.47 Å². The van der Waals surface area contributed by atoms with E-state index >= 15 is 0 Å². The Balaban J connectivity index is 1.78. The standard InChI is InChI=1S/C15H17NO4S2/c1-2-19-15(18)13-9(12-11(22-13)5-7-21-12)8-16-14(17)10-4-3-6-20-10/h5,7,10H,2-4,6,8H2,1H3,(H,16,17). The summed E-state index contributed by atoms with van der Waals surface area (Å²) in [6.45, 7) is 3.09. The van der Waals surface area contributed by atoms with E-state index in [1.54, 1.807) is 18.3 Å². The van der Waals surface area contributed by atoms with Crippen LogP contribution in [0.3, 0.4) is 0 Å². The van der Waals surface area contributed by atoms with Crippen molar-refractivity contribution >= 4 is 43.9 Å². The number of hydrogen-bond donors (Lipinski definition) is 1. The maximum absolute atomic E-state index is 12.1. The average molecular weight is 339 g/mol. The van der Waals surface area contributed by atoms with Crippen LogP contribution in [-0.2, 0) is 20.8 Å². The zero-order valence-electron chi connectivity index (χ0n) is 12.2. The molecule has 1 atom stereocenters. The molecule has 1 fully saturated rings. The number of amides is 1.